The molecule has 1 aliphatic rings. The second-order valence-corrected chi connectivity index (χ2v) is 10.5. The molecular weight excluding hydrogens is 463 g/mol. The largest absolute Gasteiger partial charge is 0.481 e. The van der Waals surface area contributed by atoms with Crippen LogP contribution in [0.5, 0.6) is 0 Å². The van der Waals surface area contributed by atoms with Crippen molar-refractivity contribution in [2.24, 2.45) is 17.8 Å². The molecule has 1 unspecified atom stereocenters. The average molecular weight is 495 g/mol. The zero-order valence-electron chi connectivity index (χ0n) is 17.7. The number of unbranched alkanes of at least 4 members (excludes halogenated alkanes) is 1. The first kappa shape index (κ1) is 25.3. The van der Waals surface area contributed by atoms with Crippen LogP contribution in [-0.4, -0.2) is 35.9 Å². The molecule has 1 aliphatic carbocycles. The van der Waals surface area contributed by atoms with E-state index in [-0.39, 0.29) is 36.1 Å². The van der Waals surface area contributed by atoms with Gasteiger partial charge in [-0.2, -0.15) is 0 Å². The van der Waals surface area contributed by atoms with E-state index >= 15 is 0 Å². The Morgan fingerprint density at radius 1 is 1.27 bits per heavy atom. The van der Waals surface area contributed by atoms with Crippen molar-refractivity contribution in [3.8, 4) is 0 Å². The molecular formula is C23H32BBrO4S. The van der Waals surface area contributed by atoms with Gasteiger partial charge in [-0.3, -0.25) is 9.59 Å². The standard InChI is InChI=1S/C23H32BBrO4S/c1-15-21(25)13-18(30-15)10-8-17(26)9-11-19-16(14-24)12-22(27)20(19)6-4-2-3-5-7-23(28)29/h2,4,13,16,19-20,22,27H,3,5-12,14H2,1H3,(H,28,29)/t16-,19-,20+,22?/m0/s1. The maximum absolute atomic E-state index is 12.5. The first-order valence-corrected chi connectivity index (χ1v) is 12.4. The molecule has 1 heterocycles. The number of ketones is 1. The number of halogens is 1. The molecule has 1 aromatic rings. The van der Waals surface area contributed by atoms with Crippen LogP contribution in [0.15, 0.2) is 22.7 Å². The molecule has 0 spiro atoms. The molecule has 2 radical (unpaired) electrons. The number of hydrogen-bond acceptors (Lipinski definition) is 4. The van der Waals surface area contributed by atoms with Crippen molar-refractivity contribution in [2.75, 3.05) is 0 Å². The van der Waals surface area contributed by atoms with Gasteiger partial charge in [0.05, 0.1) is 14.0 Å². The van der Waals surface area contributed by atoms with E-state index in [1.165, 1.54) is 9.75 Å². The summed E-state index contributed by atoms with van der Waals surface area (Å²) in [4.78, 5) is 25.5. The van der Waals surface area contributed by atoms with E-state index in [9.17, 15) is 14.7 Å². The number of carbonyl (C=O) groups excluding carboxylic acids is 1. The molecule has 0 aliphatic heterocycles. The summed E-state index contributed by atoms with van der Waals surface area (Å²) in [7, 11) is 5.96. The average Bonchev–Trinajstić information content (AvgIpc) is 3.19. The van der Waals surface area contributed by atoms with Gasteiger partial charge in [0.25, 0.3) is 0 Å². The third kappa shape index (κ3) is 7.97. The topological polar surface area (TPSA) is 74.6 Å². The van der Waals surface area contributed by atoms with Crippen LogP contribution in [0.2, 0.25) is 6.32 Å². The van der Waals surface area contributed by atoms with Gasteiger partial charge in [-0.1, -0.05) is 18.5 Å². The van der Waals surface area contributed by atoms with Crippen molar-refractivity contribution < 1.29 is 19.8 Å². The van der Waals surface area contributed by atoms with Crippen molar-refractivity contribution in [3.63, 3.8) is 0 Å². The summed E-state index contributed by atoms with van der Waals surface area (Å²) in [5, 5.41) is 19.2. The monoisotopic (exact) mass is 494 g/mol. The highest BCUT2D eigenvalue weighted by Crippen LogP contribution is 2.43. The highest BCUT2D eigenvalue weighted by atomic mass is 79.9. The Morgan fingerprint density at radius 2 is 2.03 bits per heavy atom. The van der Waals surface area contributed by atoms with Gasteiger partial charge in [0, 0.05) is 33.5 Å². The lowest BCUT2D eigenvalue weighted by atomic mass is 9.77. The number of aliphatic hydroxyl groups excluding tert-OH is 1. The fourth-order valence-electron chi connectivity index (χ4n) is 4.45. The van der Waals surface area contributed by atoms with Gasteiger partial charge in [-0.15, -0.1) is 11.3 Å². The molecule has 0 saturated heterocycles. The van der Waals surface area contributed by atoms with Crippen LogP contribution < -0.4 is 0 Å². The van der Waals surface area contributed by atoms with Gasteiger partial charge < -0.3 is 10.2 Å². The number of rotatable bonds is 13. The van der Waals surface area contributed by atoms with Gasteiger partial charge in [0.1, 0.15) is 5.78 Å². The predicted octanol–water partition coefficient (Wildman–Crippen LogP) is 5.50. The lowest BCUT2D eigenvalue weighted by molar-refractivity contribution is -0.137. The molecule has 164 valence electrons. The quantitative estimate of drug-likeness (QED) is 0.215. The first-order valence-electron chi connectivity index (χ1n) is 10.8. The fraction of sp³-hybridized carbons (Fsp3) is 0.652. The number of carbonyl (C=O) groups is 2. The van der Waals surface area contributed by atoms with E-state index in [4.69, 9.17) is 13.0 Å². The maximum atomic E-state index is 12.5. The van der Waals surface area contributed by atoms with Crippen LogP contribution in [0, 0.1) is 24.7 Å². The normalized spacial score (nSPS) is 24.0. The zero-order chi connectivity index (χ0) is 22.1. The number of thiophene rings is 1. The van der Waals surface area contributed by atoms with Gasteiger partial charge >= 0.3 is 5.97 Å². The molecule has 1 saturated carbocycles. The summed E-state index contributed by atoms with van der Waals surface area (Å²) in [6.07, 6.45) is 9.88. The molecule has 0 bridgehead atoms. The van der Waals surface area contributed by atoms with Gasteiger partial charge in [-0.25, -0.2) is 0 Å². The summed E-state index contributed by atoms with van der Waals surface area (Å²) in [6.45, 7) is 2.07. The Kier molecular flexibility index (Phi) is 10.8. The molecule has 1 aromatic heterocycles. The Morgan fingerprint density at radius 3 is 2.67 bits per heavy atom. The third-order valence-corrected chi connectivity index (χ3v) is 8.34. The lowest BCUT2D eigenvalue weighted by Gasteiger charge is -2.24. The summed E-state index contributed by atoms with van der Waals surface area (Å²) in [5.74, 6) is 0.145. The maximum Gasteiger partial charge on any atom is 0.303 e. The van der Waals surface area contributed by atoms with Crippen LogP contribution in [0.25, 0.3) is 0 Å². The van der Waals surface area contributed by atoms with Crippen LogP contribution in [0.3, 0.4) is 0 Å². The molecule has 4 nitrogen and oxygen atoms in total. The third-order valence-electron chi connectivity index (χ3n) is 6.15. The lowest BCUT2D eigenvalue weighted by Crippen LogP contribution is -2.21. The van der Waals surface area contributed by atoms with E-state index in [1.807, 2.05) is 6.08 Å². The van der Waals surface area contributed by atoms with Gasteiger partial charge in [-0.05, 0) is 85.2 Å². The molecule has 1 fully saturated rings. The van der Waals surface area contributed by atoms with Crippen molar-refractivity contribution in [1.29, 1.82) is 0 Å². The van der Waals surface area contributed by atoms with E-state index in [1.54, 1.807) is 11.3 Å². The fourth-order valence-corrected chi connectivity index (χ4v) is 6.05. The molecule has 7 heteroatoms. The summed E-state index contributed by atoms with van der Waals surface area (Å²) >= 11 is 5.26. The number of carboxylic acids is 1. The minimum Gasteiger partial charge on any atom is -0.481 e. The molecule has 30 heavy (non-hydrogen) atoms. The number of aliphatic carboxylic acids is 1. The Labute approximate surface area is 193 Å². The van der Waals surface area contributed by atoms with E-state index < -0.39 is 5.97 Å². The van der Waals surface area contributed by atoms with E-state index in [0.717, 1.165) is 30.2 Å². The second-order valence-electron chi connectivity index (χ2n) is 8.31. The predicted molar refractivity (Wildman–Crippen MR) is 126 cm³/mol. The Bertz CT molecular complexity index is 713. The SMILES string of the molecule is [B]C[C@@H]1CC(O)[C@H](CC=CCCCC(=O)O)[C@H]1CCC(=O)CCc1cc(Br)c(C)s1. The Balaban J connectivity index is 1.81. The number of hydrogen-bond donors (Lipinski definition) is 2. The molecule has 4 atom stereocenters. The van der Waals surface area contributed by atoms with Crippen LogP contribution in [-0.2, 0) is 16.0 Å². The van der Waals surface area contributed by atoms with E-state index in [0.29, 0.717) is 32.0 Å². The smallest absolute Gasteiger partial charge is 0.303 e. The van der Waals surface area contributed by atoms with Gasteiger partial charge in [0.15, 0.2) is 0 Å². The minimum absolute atomic E-state index is 0.123. The molecule has 2 N–H and O–H groups in total. The number of carboxylic acid groups (broad SMARTS) is 1. The molecule has 2 rings (SSSR count). The second kappa shape index (κ2) is 12.8. The van der Waals surface area contributed by atoms with Crippen molar-refractivity contribution >= 4 is 46.9 Å². The van der Waals surface area contributed by atoms with Gasteiger partial charge in [0.2, 0.25) is 0 Å². The van der Waals surface area contributed by atoms with Crippen molar-refractivity contribution in [3.05, 3.63) is 32.4 Å². The number of Topliss-reactive ketones (excluding diaryl/α,β-unsaturated/α-hetero) is 1. The first-order chi connectivity index (χ1) is 14.3. The van der Waals surface area contributed by atoms with Crippen LogP contribution in [0.1, 0.15) is 61.1 Å². The highest BCUT2D eigenvalue weighted by Gasteiger charge is 2.40. The summed E-state index contributed by atoms with van der Waals surface area (Å²) in [6, 6.07) is 2.10. The molecule has 0 aromatic carbocycles. The number of aliphatic hydroxyl groups is 1. The highest BCUT2D eigenvalue weighted by molar-refractivity contribution is 9.10. The summed E-state index contributed by atoms with van der Waals surface area (Å²) in [5.41, 5.74) is 0. The van der Waals surface area contributed by atoms with Crippen LogP contribution >= 0.6 is 27.3 Å². The van der Waals surface area contributed by atoms with Crippen molar-refractivity contribution in [1.82, 2.24) is 0 Å². The minimum atomic E-state index is -0.771. The Hall–Kier alpha value is -0.915. The zero-order valence-corrected chi connectivity index (χ0v) is 20.1. The van der Waals surface area contributed by atoms with Crippen molar-refractivity contribution in [2.45, 2.75) is 77.1 Å². The number of aryl methyl sites for hydroxylation is 2. The summed E-state index contributed by atoms with van der Waals surface area (Å²) < 4.78 is 1.11. The molecule has 0 amide bonds. The van der Waals surface area contributed by atoms with E-state index in [2.05, 4.69) is 35.0 Å². The van der Waals surface area contributed by atoms with Crippen LogP contribution in [0.4, 0.5) is 0 Å². The number of allylic oxidation sites excluding steroid dienone is 2.